The average Bonchev–Trinajstić information content (AvgIpc) is 1.98. The van der Waals surface area contributed by atoms with Crippen LogP contribution in [-0.4, -0.2) is 11.1 Å². The van der Waals surface area contributed by atoms with Gasteiger partial charge in [-0.3, -0.25) is 4.79 Å². The predicted molar refractivity (Wildman–Crippen MR) is 51.6 cm³/mol. The number of anilines is 2. The zero-order valence-corrected chi connectivity index (χ0v) is 7.51. The zero-order valence-electron chi connectivity index (χ0n) is 6.75. The van der Waals surface area contributed by atoms with Crippen molar-refractivity contribution < 1.29 is 9.90 Å². The highest BCUT2D eigenvalue weighted by atomic mass is 35.5. The minimum atomic E-state index is -0.930. The number of carboxylic acid groups (broad SMARTS) is 1. The van der Waals surface area contributed by atoms with Gasteiger partial charge in [0.1, 0.15) is 0 Å². The molecule has 0 bridgehead atoms. The molecule has 0 saturated heterocycles. The first kappa shape index (κ1) is 9.67. The SMILES string of the molecule is Nc1cc(CC(=O)O)cc(Cl)c1N. The Morgan fingerprint density at radius 2 is 2.08 bits per heavy atom. The Hall–Kier alpha value is -1.42. The fraction of sp³-hybridized carbons (Fsp3) is 0.125. The summed E-state index contributed by atoms with van der Waals surface area (Å²) in [4.78, 5) is 10.4. The van der Waals surface area contributed by atoms with Gasteiger partial charge in [-0.25, -0.2) is 0 Å². The third kappa shape index (κ3) is 2.26. The largest absolute Gasteiger partial charge is 0.481 e. The van der Waals surface area contributed by atoms with E-state index in [0.717, 1.165) is 0 Å². The second-order valence-electron chi connectivity index (χ2n) is 2.65. The van der Waals surface area contributed by atoms with E-state index in [1.54, 1.807) is 0 Å². The van der Waals surface area contributed by atoms with Gasteiger partial charge in [0.2, 0.25) is 0 Å². The molecular weight excluding hydrogens is 192 g/mol. The van der Waals surface area contributed by atoms with E-state index in [0.29, 0.717) is 11.3 Å². The number of nitrogens with two attached hydrogens (primary N) is 2. The van der Waals surface area contributed by atoms with Gasteiger partial charge in [0.25, 0.3) is 0 Å². The molecule has 1 aromatic rings. The molecule has 0 aliphatic heterocycles. The number of carbonyl (C=O) groups is 1. The zero-order chi connectivity index (χ0) is 10.0. The summed E-state index contributed by atoms with van der Waals surface area (Å²) in [5, 5.41) is 8.79. The van der Waals surface area contributed by atoms with E-state index in [2.05, 4.69) is 0 Å². The van der Waals surface area contributed by atoms with Gasteiger partial charge in [-0.1, -0.05) is 11.6 Å². The topological polar surface area (TPSA) is 89.3 Å². The van der Waals surface area contributed by atoms with Crippen LogP contribution >= 0.6 is 11.6 Å². The summed E-state index contributed by atoms with van der Waals surface area (Å²) in [7, 11) is 0. The number of nitrogen functional groups attached to an aromatic ring is 2. The molecule has 5 N–H and O–H groups in total. The van der Waals surface area contributed by atoms with Gasteiger partial charge in [-0.05, 0) is 17.7 Å². The van der Waals surface area contributed by atoms with Gasteiger partial charge in [0.05, 0.1) is 22.8 Å². The van der Waals surface area contributed by atoms with Crippen molar-refractivity contribution in [2.24, 2.45) is 0 Å². The van der Waals surface area contributed by atoms with Crippen molar-refractivity contribution >= 4 is 28.9 Å². The van der Waals surface area contributed by atoms with Crippen molar-refractivity contribution in [3.05, 3.63) is 22.7 Å². The summed E-state index contributed by atoms with van der Waals surface area (Å²) in [6, 6.07) is 3.01. The second-order valence-corrected chi connectivity index (χ2v) is 3.06. The van der Waals surface area contributed by atoms with Crippen LogP contribution in [0.25, 0.3) is 0 Å². The van der Waals surface area contributed by atoms with Crippen LogP contribution in [0.1, 0.15) is 5.56 Å². The molecule has 4 nitrogen and oxygen atoms in total. The van der Waals surface area contributed by atoms with Gasteiger partial charge in [-0.15, -0.1) is 0 Å². The number of aliphatic carboxylic acids is 1. The molecule has 13 heavy (non-hydrogen) atoms. The van der Waals surface area contributed by atoms with E-state index < -0.39 is 5.97 Å². The molecule has 5 heteroatoms. The maximum absolute atomic E-state index is 10.4. The van der Waals surface area contributed by atoms with Crippen molar-refractivity contribution in [2.45, 2.75) is 6.42 Å². The molecule has 0 radical (unpaired) electrons. The Morgan fingerprint density at radius 3 is 2.54 bits per heavy atom. The van der Waals surface area contributed by atoms with Gasteiger partial charge in [0, 0.05) is 0 Å². The molecule has 0 aliphatic rings. The molecule has 0 heterocycles. The van der Waals surface area contributed by atoms with E-state index in [-0.39, 0.29) is 17.1 Å². The van der Waals surface area contributed by atoms with Crippen LogP contribution in [0.2, 0.25) is 5.02 Å². The smallest absolute Gasteiger partial charge is 0.307 e. The molecule has 0 fully saturated rings. The molecule has 1 rings (SSSR count). The lowest BCUT2D eigenvalue weighted by molar-refractivity contribution is -0.136. The van der Waals surface area contributed by atoms with Crippen molar-refractivity contribution in [3.8, 4) is 0 Å². The number of rotatable bonds is 2. The maximum atomic E-state index is 10.4. The lowest BCUT2D eigenvalue weighted by atomic mass is 10.1. The molecule has 0 aliphatic carbocycles. The number of hydrogen-bond donors (Lipinski definition) is 3. The van der Waals surface area contributed by atoms with Crippen molar-refractivity contribution in [1.29, 1.82) is 0 Å². The predicted octanol–water partition coefficient (Wildman–Crippen LogP) is 1.13. The van der Waals surface area contributed by atoms with Crippen LogP contribution in [0, 0.1) is 0 Å². The summed E-state index contributed by atoms with van der Waals surface area (Å²) in [6.07, 6.45) is -0.107. The number of hydrogen-bond acceptors (Lipinski definition) is 3. The highest BCUT2D eigenvalue weighted by molar-refractivity contribution is 6.33. The van der Waals surface area contributed by atoms with E-state index in [4.69, 9.17) is 28.2 Å². The van der Waals surface area contributed by atoms with Gasteiger partial charge in [0.15, 0.2) is 0 Å². The highest BCUT2D eigenvalue weighted by Crippen LogP contribution is 2.26. The van der Waals surface area contributed by atoms with E-state index >= 15 is 0 Å². The van der Waals surface area contributed by atoms with E-state index in [1.165, 1.54) is 12.1 Å². The molecular formula is C8H9ClN2O2. The molecule has 1 aromatic carbocycles. The molecule has 0 saturated carbocycles. The number of carboxylic acids is 1. The van der Waals surface area contributed by atoms with Crippen molar-refractivity contribution in [1.82, 2.24) is 0 Å². The lowest BCUT2D eigenvalue weighted by Crippen LogP contribution is -2.03. The first-order valence-corrected chi connectivity index (χ1v) is 3.93. The summed E-state index contributed by atoms with van der Waals surface area (Å²) in [5.74, 6) is -0.930. The Morgan fingerprint density at radius 1 is 1.46 bits per heavy atom. The summed E-state index contributed by atoms with van der Waals surface area (Å²) >= 11 is 5.70. The second kappa shape index (κ2) is 3.53. The average molecular weight is 201 g/mol. The Kier molecular flexibility index (Phi) is 2.63. The third-order valence-corrected chi connectivity index (χ3v) is 1.89. The summed E-state index contributed by atoms with van der Waals surface area (Å²) < 4.78 is 0. The van der Waals surface area contributed by atoms with Crippen LogP contribution in [0.3, 0.4) is 0 Å². The molecule has 0 amide bonds. The summed E-state index contributed by atoms with van der Waals surface area (Å²) in [6.45, 7) is 0. The molecule has 0 spiro atoms. The minimum absolute atomic E-state index is 0.107. The maximum Gasteiger partial charge on any atom is 0.307 e. The molecule has 0 atom stereocenters. The Labute approximate surface area is 80.1 Å². The Bertz CT molecular complexity index is 329. The van der Waals surface area contributed by atoms with Gasteiger partial charge < -0.3 is 16.6 Å². The van der Waals surface area contributed by atoms with Crippen LogP contribution < -0.4 is 11.5 Å². The normalized spacial score (nSPS) is 9.92. The quantitative estimate of drug-likeness (QED) is 0.625. The third-order valence-electron chi connectivity index (χ3n) is 1.58. The van der Waals surface area contributed by atoms with Gasteiger partial charge in [-0.2, -0.15) is 0 Å². The van der Waals surface area contributed by atoms with E-state index in [9.17, 15) is 4.79 Å². The lowest BCUT2D eigenvalue weighted by Gasteiger charge is -2.05. The monoisotopic (exact) mass is 200 g/mol. The standard InChI is InChI=1S/C8H9ClN2O2/c9-5-1-4(3-7(12)13)2-6(10)8(5)11/h1-2H,3,10-11H2,(H,12,13). The van der Waals surface area contributed by atoms with Crippen LogP contribution in [-0.2, 0) is 11.2 Å². The molecule has 70 valence electrons. The van der Waals surface area contributed by atoms with E-state index in [1.807, 2.05) is 0 Å². The Balaban J connectivity index is 3.06. The van der Waals surface area contributed by atoms with Crippen LogP contribution in [0.4, 0.5) is 11.4 Å². The van der Waals surface area contributed by atoms with Crippen molar-refractivity contribution in [2.75, 3.05) is 11.5 Å². The molecule has 0 unspecified atom stereocenters. The molecule has 0 aromatic heterocycles. The number of halogens is 1. The van der Waals surface area contributed by atoms with Crippen molar-refractivity contribution in [3.63, 3.8) is 0 Å². The minimum Gasteiger partial charge on any atom is -0.481 e. The fourth-order valence-corrected chi connectivity index (χ4v) is 1.22. The van der Waals surface area contributed by atoms with Crippen LogP contribution in [0.15, 0.2) is 12.1 Å². The number of benzene rings is 1. The summed E-state index contributed by atoms with van der Waals surface area (Å²) in [5.41, 5.74) is 12.1. The van der Waals surface area contributed by atoms with Gasteiger partial charge >= 0.3 is 5.97 Å². The first-order valence-electron chi connectivity index (χ1n) is 3.56. The first-order chi connectivity index (χ1) is 6.00. The van der Waals surface area contributed by atoms with Crippen LogP contribution in [0.5, 0.6) is 0 Å². The fourth-order valence-electron chi connectivity index (χ4n) is 0.974. The highest BCUT2D eigenvalue weighted by Gasteiger charge is 2.06.